The summed E-state index contributed by atoms with van der Waals surface area (Å²) in [5, 5.41) is 0. The highest BCUT2D eigenvalue weighted by Crippen LogP contribution is 2.19. The number of hydrogen-bond donors (Lipinski definition) is 3. The van der Waals surface area contributed by atoms with Gasteiger partial charge in [0.15, 0.2) is 0 Å². The van der Waals surface area contributed by atoms with Crippen LogP contribution in [0.2, 0.25) is 0 Å². The molecule has 0 bridgehead atoms. The molecule has 1 aromatic carbocycles. The third kappa shape index (κ3) is 3.53. The van der Waals surface area contributed by atoms with Crippen molar-refractivity contribution in [3.05, 3.63) is 59.3 Å². The largest absolute Gasteiger partial charge is 0.384 e. The summed E-state index contributed by atoms with van der Waals surface area (Å²) >= 11 is 0. The lowest BCUT2D eigenvalue weighted by atomic mass is 9.98. The van der Waals surface area contributed by atoms with Gasteiger partial charge >= 0.3 is 0 Å². The smallest absolute Gasteiger partial charge is 0.123 e. The maximum atomic E-state index is 5.69. The molecule has 0 aliphatic carbocycles. The van der Waals surface area contributed by atoms with Crippen LogP contribution in [0.4, 0.5) is 5.82 Å². The molecule has 2 rings (SSSR count). The second kappa shape index (κ2) is 6.31. The fourth-order valence-electron chi connectivity index (χ4n) is 2.12. The van der Waals surface area contributed by atoms with Gasteiger partial charge in [0.25, 0.3) is 0 Å². The molecule has 5 N–H and O–H groups in total. The number of pyridine rings is 1. The summed E-state index contributed by atoms with van der Waals surface area (Å²) in [7, 11) is 0. The molecule has 0 saturated carbocycles. The fraction of sp³-hybridized carbons (Fsp3) is 0.267. The van der Waals surface area contributed by atoms with Crippen LogP contribution in [0.15, 0.2) is 42.6 Å². The van der Waals surface area contributed by atoms with Gasteiger partial charge in [0.2, 0.25) is 0 Å². The highest BCUT2D eigenvalue weighted by Gasteiger charge is 2.10. The van der Waals surface area contributed by atoms with Crippen molar-refractivity contribution >= 4 is 5.82 Å². The van der Waals surface area contributed by atoms with E-state index in [4.69, 9.17) is 11.6 Å². The van der Waals surface area contributed by atoms with Crippen LogP contribution in [0.1, 0.15) is 29.7 Å². The van der Waals surface area contributed by atoms with Crippen molar-refractivity contribution in [1.29, 1.82) is 0 Å². The second-order valence-corrected chi connectivity index (χ2v) is 4.61. The van der Waals surface area contributed by atoms with Crippen LogP contribution in [0.3, 0.4) is 0 Å². The molecule has 19 heavy (non-hydrogen) atoms. The number of rotatable bonds is 5. The summed E-state index contributed by atoms with van der Waals surface area (Å²) in [4.78, 5) is 3.99. The SMILES string of the molecule is CCc1ccc(C(Cc2ccnc(N)c2)NN)cc1. The number of nitrogens with zero attached hydrogens (tertiary/aromatic N) is 1. The molecule has 1 atom stereocenters. The lowest BCUT2D eigenvalue weighted by molar-refractivity contribution is 0.551. The molecule has 1 unspecified atom stereocenters. The molecule has 4 nitrogen and oxygen atoms in total. The first kappa shape index (κ1) is 13.5. The van der Waals surface area contributed by atoms with Gasteiger partial charge in [0.05, 0.1) is 0 Å². The van der Waals surface area contributed by atoms with Gasteiger partial charge in [0, 0.05) is 12.2 Å². The number of aromatic nitrogens is 1. The van der Waals surface area contributed by atoms with Crippen LogP contribution in [0.5, 0.6) is 0 Å². The third-order valence-electron chi connectivity index (χ3n) is 3.28. The van der Waals surface area contributed by atoms with Crippen molar-refractivity contribution in [2.45, 2.75) is 25.8 Å². The minimum atomic E-state index is 0.0766. The monoisotopic (exact) mass is 256 g/mol. The summed E-state index contributed by atoms with van der Waals surface area (Å²) < 4.78 is 0. The molecule has 0 spiro atoms. The van der Waals surface area contributed by atoms with Gasteiger partial charge in [0.1, 0.15) is 5.82 Å². The van der Waals surface area contributed by atoms with Crippen LogP contribution < -0.4 is 17.0 Å². The van der Waals surface area contributed by atoms with Crippen LogP contribution in [-0.2, 0) is 12.8 Å². The van der Waals surface area contributed by atoms with Crippen molar-refractivity contribution in [1.82, 2.24) is 10.4 Å². The Balaban J connectivity index is 2.15. The Hall–Kier alpha value is -1.91. The van der Waals surface area contributed by atoms with Crippen LogP contribution >= 0.6 is 0 Å². The summed E-state index contributed by atoms with van der Waals surface area (Å²) in [5.41, 5.74) is 12.2. The van der Waals surface area contributed by atoms with E-state index in [0.717, 1.165) is 18.4 Å². The molecule has 0 fully saturated rings. The highest BCUT2D eigenvalue weighted by atomic mass is 15.2. The van der Waals surface area contributed by atoms with Crippen molar-refractivity contribution in [2.24, 2.45) is 5.84 Å². The molecule has 0 radical (unpaired) electrons. The van der Waals surface area contributed by atoms with Gasteiger partial charge < -0.3 is 5.73 Å². The Morgan fingerprint density at radius 3 is 2.47 bits per heavy atom. The molecule has 0 aliphatic rings. The minimum absolute atomic E-state index is 0.0766. The molecule has 100 valence electrons. The summed E-state index contributed by atoms with van der Waals surface area (Å²) in [6.07, 6.45) is 3.55. The molecule has 1 aromatic heterocycles. The molecule has 4 heteroatoms. The second-order valence-electron chi connectivity index (χ2n) is 4.61. The van der Waals surface area contributed by atoms with Gasteiger partial charge in [-0.1, -0.05) is 31.2 Å². The van der Waals surface area contributed by atoms with Gasteiger partial charge in [-0.15, -0.1) is 0 Å². The van der Waals surface area contributed by atoms with Gasteiger partial charge in [-0.3, -0.25) is 11.3 Å². The molecular formula is C15H20N4. The summed E-state index contributed by atoms with van der Waals surface area (Å²) in [6.45, 7) is 2.15. The Morgan fingerprint density at radius 1 is 1.16 bits per heavy atom. The fourth-order valence-corrected chi connectivity index (χ4v) is 2.12. The van der Waals surface area contributed by atoms with E-state index in [1.807, 2.05) is 12.1 Å². The topological polar surface area (TPSA) is 77.0 Å². The summed E-state index contributed by atoms with van der Waals surface area (Å²) in [6, 6.07) is 12.4. The number of hydrogen-bond acceptors (Lipinski definition) is 4. The van der Waals surface area contributed by atoms with Crippen LogP contribution in [0.25, 0.3) is 0 Å². The van der Waals surface area contributed by atoms with E-state index >= 15 is 0 Å². The molecule has 1 heterocycles. The Morgan fingerprint density at radius 2 is 1.89 bits per heavy atom. The average molecular weight is 256 g/mol. The first-order valence-electron chi connectivity index (χ1n) is 6.48. The van der Waals surface area contributed by atoms with E-state index in [1.54, 1.807) is 6.20 Å². The number of aryl methyl sites for hydroxylation is 1. The maximum Gasteiger partial charge on any atom is 0.123 e. The molecule has 0 saturated heterocycles. The van der Waals surface area contributed by atoms with Crippen molar-refractivity contribution < 1.29 is 0 Å². The van der Waals surface area contributed by atoms with Crippen molar-refractivity contribution in [2.75, 3.05) is 5.73 Å². The number of nitrogens with one attached hydrogen (secondary N) is 1. The van der Waals surface area contributed by atoms with E-state index in [2.05, 4.69) is 41.6 Å². The number of hydrazine groups is 1. The maximum absolute atomic E-state index is 5.69. The Bertz CT molecular complexity index is 522. The zero-order valence-corrected chi connectivity index (χ0v) is 11.1. The molecule has 0 amide bonds. The van der Waals surface area contributed by atoms with E-state index in [1.165, 1.54) is 11.1 Å². The first-order chi connectivity index (χ1) is 9.22. The highest BCUT2D eigenvalue weighted by molar-refractivity contribution is 5.33. The van der Waals surface area contributed by atoms with Crippen LogP contribution in [0, 0.1) is 0 Å². The van der Waals surface area contributed by atoms with E-state index in [9.17, 15) is 0 Å². The molecule has 0 aliphatic heterocycles. The normalized spacial score (nSPS) is 12.3. The number of anilines is 1. The minimum Gasteiger partial charge on any atom is -0.384 e. The average Bonchev–Trinajstić information content (AvgIpc) is 2.45. The third-order valence-corrected chi connectivity index (χ3v) is 3.28. The number of benzene rings is 1. The first-order valence-corrected chi connectivity index (χ1v) is 6.48. The van der Waals surface area contributed by atoms with E-state index in [0.29, 0.717) is 5.82 Å². The zero-order chi connectivity index (χ0) is 13.7. The lowest BCUT2D eigenvalue weighted by Crippen LogP contribution is -2.29. The van der Waals surface area contributed by atoms with Gasteiger partial charge in [-0.2, -0.15) is 0 Å². The van der Waals surface area contributed by atoms with Gasteiger partial charge in [-0.25, -0.2) is 4.98 Å². The molecule has 2 aromatic rings. The van der Waals surface area contributed by atoms with Gasteiger partial charge in [-0.05, 0) is 41.7 Å². The van der Waals surface area contributed by atoms with E-state index < -0.39 is 0 Å². The predicted molar refractivity (Wildman–Crippen MR) is 78.2 cm³/mol. The predicted octanol–water partition coefficient (Wildman–Crippen LogP) is 1.97. The number of nitrogen functional groups attached to an aromatic ring is 1. The number of nitrogens with two attached hydrogens (primary N) is 2. The molecular weight excluding hydrogens is 236 g/mol. The zero-order valence-electron chi connectivity index (χ0n) is 11.1. The Labute approximate surface area is 113 Å². The Kier molecular flexibility index (Phi) is 4.49. The van der Waals surface area contributed by atoms with Crippen LogP contribution in [-0.4, -0.2) is 4.98 Å². The van der Waals surface area contributed by atoms with Crippen molar-refractivity contribution in [3.8, 4) is 0 Å². The van der Waals surface area contributed by atoms with E-state index in [-0.39, 0.29) is 6.04 Å². The van der Waals surface area contributed by atoms with Crippen molar-refractivity contribution in [3.63, 3.8) is 0 Å². The summed E-state index contributed by atoms with van der Waals surface area (Å²) in [5.74, 6) is 6.20. The quantitative estimate of drug-likeness (QED) is 0.564. The lowest BCUT2D eigenvalue weighted by Gasteiger charge is -2.17. The standard InChI is InChI=1S/C15H20N4/c1-2-11-3-5-13(6-4-11)14(19-17)9-12-7-8-18-15(16)10-12/h3-8,10,14,19H,2,9,17H2,1H3,(H2,16,18).